The Morgan fingerprint density at radius 2 is 1.93 bits per heavy atom. The molecule has 0 atom stereocenters. The van der Waals surface area contributed by atoms with Gasteiger partial charge in [0.25, 0.3) is 0 Å². The molecule has 1 aliphatic rings. The minimum atomic E-state index is -0.241. The van der Waals surface area contributed by atoms with E-state index in [0.29, 0.717) is 6.54 Å². The predicted molar refractivity (Wildman–Crippen MR) is 60.8 cm³/mol. The molecule has 0 radical (unpaired) electrons. The number of hydrogen-bond donors (Lipinski definition) is 1. The number of Topliss-reactive ketones (excluding diaryl/α,β-unsaturated/α-hetero) is 1. The molecule has 80 valence electrons. The molecule has 2 heteroatoms. The zero-order valence-electron chi connectivity index (χ0n) is 9.12. The van der Waals surface area contributed by atoms with Crippen LogP contribution >= 0.6 is 0 Å². The van der Waals surface area contributed by atoms with Crippen LogP contribution in [0.25, 0.3) is 0 Å². The van der Waals surface area contributed by atoms with Gasteiger partial charge in [-0.2, -0.15) is 0 Å². The summed E-state index contributed by atoms with van der Waals surface area (Å²) in [6.07, 6.45) is 3.04. The fourth-order valence-corrected chi connectivity index (χ4v) is 2.14. The van der Waals surface area contributed by atoms with E-state index < -0.39 is 0 Å². The van der Waals surface area contributed by atoms with Crippen LogP contribution < -0.4 is 5.73 Å². The highest BCUT2D eigenvalue weighted by molar-refractivity contribution is 6.01. The number of aryl methyl sites for hydroxylation is 1. The Morgan fingerprint density at radius 3 is 2.33 bits per heavy atom. The summed E-state index contributed by atoms with van der Waals surface area (Å²) in [5.74, 6) is 0.233. The van der Waals surface area contributed by atoms with Gasteiger partial charge in [-0.3, -0.25) is 4.79 Å². The van der Waals surface area contributed by atoms with Gasteiger partial charge in [-0.25, -0.2) is 0 Å². The van der Waals surface area contributed by atoms with Crippen molar-refractivity contribution in [2.45, 2.75) is 26.2 Å². The lowest BCUT2D eigenvalue weighted by Gasteiger charge is -2.39. The Bertz CT molecular complexity index is 357. The van der Waals surface area contributed by atoms with Crippen molar-refractivity contribution in [2.24, 2.45) is 11.1 Å². The molecule has 0 spiro atoms. The van der Waals surface area contributed by atoms with Crippen molar-refractivity contribution in [3.8, 4) is 0 Å². The number of benzene rings is 1. The fourth-order valence-electron chi connectivity index (χ4n) is 2.14. The first-order valence-corrected chi connectivity index (χ1v) is 5.49. The molecule has 1 aromatic carbocycles. The number of ketones is 1. The van der Waals surface area contributed by atoms with Crippen LogP contribution in [0.3, 0.4) is 0 Å². The summed E-state index contributed by atoms with van der Waals surface area (Å²) < 4.78 is 0. The van der Waals surface area contributed by atoms with Crippen LogP contribution in [0, 0.1) is 12.3 Å². The maximum absolute atomic E-state index is 12.2. The maximum Gasteiger partial charge on any atom is 0.170 e. The molecule has 0 aromatic heterocycles. The second kappa shape index (κ2) is 3.78. The van der Waals surface area contributed by atoms with E-state index >= 15 is 0 Å². The highest BCUT2D eigenvalue weighted by Crippen LogP contribution is 2.42. The molecule has 15 heavy (non-hydrogen) atoms. The van der Waals surface area contributed by atoms with Crippen LogP contribution in [-0.4, -0.2) is 12.3 Å². The van der Waals surface area contributed by atoms with E-state index in [1.807, 2.05) is 31.2 Å². The van der Waals surface area contributed by atoms with Gasteiger partial charge >= 0.3 is 0 Å². The average Bonchev–Trinajstić information content (AvgIpc) is 2.18. The molecule has 1 aliphatic carbocycles. The van der Waals surface area contributed by atoms with E-state index in [2.05, 4.69) is 0 Å². The first-order valence-electron chi connectivity index (χ1n) is 5.49. The molecule has 0 unspecified atom stereocenters. The van der Waals surface area contributed by atoms with Crippen LogP contribution in [0.1, 0.15) is 35.2 Å². The Morgan fingerprint density at radius 1 is 1.33 bits per heavy atom. The second-order valence-corrected chi connectivity index (χ2v) is 4.53. The van der Waals surface area contributed by atoms with E-state index in [0.717, 1.165) is 24.8 Å². The maximum atomic E-state index is 12.2. The molecule has 2 rings (SSSR count). The van der Waals surface area contributed by atoms with Gasteiger partial charge in [0.2, 0.25) is 0 Å². The highest BCUT2D eigenvalue weighted by atomic mass is 16.1. The zero-order chi connectivity index (χ0) is 10.9. The minimum Gasteiger partial charge on any atom is -0.329 e. The van der Waals surface area contributed by atoms with Crippen molar-refractivity contribution in [1.82, 2.24) is 0 Å². The summed E-state index contributed by atoms with van der Waals surface area (Å²) in [5.41, 5.74) is 7.47. The lowest BCUT2D eigenvalue weighted by molar-refractivity contribution is 0.0636. The fraction of sp³-hybridized carbons (Fsp3) is 0.462. The molecule has 0 saturated heterocycles. The third-order valence-electron chi connectivity index (χ3n) is 3.50. The van der Waals surface area contributed by atoms with Gasteiger partial charge < -0.3 is 5.73 Å². The molecule has 1 saturated carbocycles. The van der Waals surface area contributed by atoms with Crippen LogP contribution in [0.2, 0.25) is 0 Å². The molecular weight excluding hydrogens is 186 g/mol. The molecule has 0 heterocycles. The Labute approximate surface area is 90.5 Å². The van der Waals surface area contributed by atoms with Crippen LogP contribution in [0.4, 0.5) is 0 Å². The molecule has 0 aliphatic heterocycles. The predicted octanol–water partition coefficient (Wildman–Crippen LogP) is 2.31. The number of hydrogen-bond acceptors (Lipinski definition) is 2. The summed E-state index contributed by atoms with van der Waals surface area (Å²) in [7, 11) is 0. The molecular formula is C13H17NO. The van der Waals surface area contributed by atoms with E-state index in [4.69, 9.17) is 5.73 Å². The van der Waals surface area contributed by atoms with Crippen LogP contribution in [0.5, 0.6) is 0 Å². The van der Waals surface area contributed by atoms with Crippen molar-refractivity contribution in [2.75, 3.05) is 6.54 Å². The lowest BCUT2D eigenvalue weighted by Crippen LogP contribution is -2.44. The lowest BCUT2D eigenvalue weighted by atomic mass is 9.64. The normalized spacial score (nSPS) is 18.3. The van der Waals surface area contributed by atoms with E-state index in [-0.39, 0.29) is 11.2 Å². The minimum absolute atomic E-state index is 0.233. The van der Waals surface area contributed by atoms with Gasteiger partial charge in [-0.05, 0) is 19.8 Å². The van der Waals surface area contributed by atoms with Crippen LogP contribution in [0.15, 0.2) is 24.3 Å². The molecule has 2 nitrogen and oxygen atoms in total. The van der Waals surface area contributed by atoms with Gasteiger partial charge in [-0.1, -0.05) is 36.2 Å². The monoisotopic (exact) mass is 203 g/mol. The smallest absolute Gasteiger partial charge is 0.170 e. The second-order valence-electron chi connectivity index (χ2n) is 4.53. The van der Waals surface area contributed by atoms with Gasteiger partial charge in [0.05, 0.1) is 0 Å². The van der Waals surface area contributed by atoms with Crippen LogP contribution in [-0.2, 0) is 0 Å². The van der Waals surface area contributed by atoms with Gasteiger partial charge in [-0.15, -0.1) is 0 Å². The molecule has 1 aromatic rings. The molecule has 2 N–H and O–H groups in total. The van der Waals surface area contributed by atoms with Gasteiger partial charge in [0, 0.05) is 17.5 Å². The zero-order valence-corrected chi connectivity index (χ0v) is 9.12. The summed E-state index contributed by atoms with van der Waals surface area (Å²) in [6.45, 7) is 2.51. The third kappa shape index (κ3) is 1.70. The van der Waals surface area contributed by atoms with Gasteiger partial charge in [0.15, 0.2) is 5.78 Å². The standard InChI is InChI=1S/C13H17NO/c1-10-3-5-11(6-4-10)12(15)13(9-14)7-2-8-13/h3-6H,2,7-9,14H2,1H3. The summed E-state index contributed by atoms with van der Waals surface area (Å²) in [4.78, 5) is 12.2. The topological polar surface area (TPSA) is 43.1 Å². The molecule has 0 bridgehead atoms. The quantitative estimate of drug-likeness (QED) is 0.766. The summed E-state index contributed by atoms with van der Waals surface area (Å²) in [5, 5.41) is 0. The number of nitrogens with two attached hydrogens (primary N) is 1. The number of carbonyl (C=O) groups is 1. The largest absolute Gasteiger partial charge is 0.329 e. The first kappa shape index (κ1) is 10.4. The summed E-state index contributed by atoms with van der Waals surface area (Å²) >= 11 is 0. The summed E-state index contributed by atoms with van der Waals surface area (Å²) in [6, 6.07) is 7.78. The Balaban J connectivity index is 2.24. The number of rotatable bonds is 3. The number of carbonyl (C=O) groups excluding carboxylic acids is 1. The van der Waals surface area contributed by atoms with Crippen molar-refractivity contribution in [3.63, 3.8) is 0 Å². The Kier molecular flexibility index (Phi) is 2.61. The van der Waals surface area contributed by atoms with Crippen molar-refractivity contribution >= 4 is 5.78 Å². The van der Waals surface area contributed by atoms with E-state index in [1.165, 1.54) is 5.56 Å². The van der Waals surface area contributed by atoms with Crippen molar-refractivity contribution in [1.29, 1.82) is 0 Å². The Hall–Kier alpha value is -1.15. The highest BCUT2D eigenvalue weighted by Gasteiger charge is 2.42. The van der Waals surface area contributed by atoms with E-state index in [9.17, 15) is 4.79 Å². The first-order chi connectivity index (χ1) is 7.18. The van der Waals surface area contributed by atoms with Gasteiger partial charge in [0.1, 0.15) is 0 Å². The van der Waals surface area contributed by atoms with E-state index in [1.54, 1.807) is 0 Å². The SMILES string of the molecule is Cc1ccc(C(=O)C2(CN)CCC2)cc1. The molecule has 1 fully saturated rings. The third-order valence-corrected chi connectivity index (χ3v) is 3.50. The molecule has 0 amide bonds. The van der Waals surface area contributed by atoms with Crippen molar-refractivity contribution in [3.05, 3.63) is 35.4 Å². The average molecular weight is 203 g/mol. The van der Waals surface area contributed by atoms with Crippen molar-refractivity contribution < 1.29 is 4.79 Å².